The van der Waals surface area contributed by atoms with Gasteiger partial charge in [-0.05, 0) is 75.2 Å². The number of aromatic amines is 1. The van der Waals surface area contributed by atoms with Crippen molar-refractivity contribution < 1.29 is 9.59 Å². The maximum Gasteiger partial charge on any atom is 0.270 e. The number of aromatic nitrogens is 1. The minimum absolute atomic E-state index is 0.127. The molecule has 5 heteroatoms. The van der Waals surface area contributed by atoms with E-state index in [2.05, 4.69) is 14.8 Å². The van der Waals surface area contributed by atoms with Gasteiger partial charge in [-0.15, -0.1) is 0 Å². The molecule has 0 aromatic carbocycles. The Balaban J connectivity index is 1.24. The Labute approximate surface area is 173 Å². The lowest BCUT2D eigenvalue weighted by atomic mass is 9.74. The molecule has 0 radical (unpaired) electrons. The lowest BCUT2D eigenvalue weighted by Crippen LogP contribution is -2.62. The Bertz CT molecular complexity index is 855. The number of carbonyl (C=O) groups excluding carboxylic acids is 2. The molecule has 4 fully saturated rings. The molecule has 1 aromatic rings. The average Bonchev–Trinajstić information content (AvgIpc) is 3.50. The summed E-state index contributed by atoms with van der Waals surface area (Å²) in [6, 6.07) is 1.51. The van der Waals surface area contributed by atoms with E-state index >= 15 is 0 Å². The van der Waals surface area contributed by atoms with Crippen LogP contribution >= 0.6 is 0 Å². The van der Waals surface area contributed by atoms with Gasteiger partial charge in [0, 0.05) is 49.4 Å². The lowest BCUT2D eigenvalue weighted by molar-refractivity contribution is -0.0551. The molecule has 156 valence electrons. The molecule has 0 spiro atoms. The van der Waals surface area contributed by atoms with E-state index in [1.54, 1.807) is 0 Å². The standard InChI is InChI=1S/C24H33N3O2/c1-14-22-18(4-2-7-21(22)28)25-23(14)24(29)26-11-15-10-17(13-26)20-6-3-5-19(16-8-9-16)27(20)12-15/h15-17,19-20,25H,2-13H2,1H3/t15-,17+,19+,20-/m0/s1. The fourth-order valence-electron chi connectivity index (χ4n) is 7.15. The number of rotatable bonds is 2. The first-order valence-electron chi connectivity index (χ1n) is 11.9. The summed E-state index contributed by atoms with van der Waals surface area (Å²) in [6.45, 7) is 4.92. The molecule has 5 aliphatic rings. The van der Waals surface area contributed by atoms with Crippen molar-refractivity contribution in [2.24, 2.45) is 17.8 Å². The average molecular weight is 396 g/mol. The molecule has 2 aliphatic carbocycles. The molecule has 1 saturated carbocycles. The Morgan fingerprint density at radius 3 is 2.52 bits per heavy atom. The number of hydrogen-bond acceptors (Lipinski definition) is 3. The summed E-state index contributed by atoms with van der Waals surface area (Å²) >= 11 is 0. The minimum atomic E-state index is 0.127. The molecule has 5 nitrogen and oxygen atoms in total. The zero-order valence-corrected chi connectivity index (χ0v) is 17.6. The smallest absolute Gasteiger partial charge is 0.270 e. The Hall–Kier alpha value is -1.62. The fourth-order valence-corrected chi connectivity index (χ4v) is 7.15. The van der Waals surface area contributed by atoms with Crippen molar-refractivity contribution in [1.29, 1.82) is 0 Å². The van der Waals surface area contributed by atoms with Gasteiger partial charge in [0.2, 0.25) is 0 Å². The molecule has 4 heterocycles. The number of nitrogens with zero attached hydrogens (tertiary/aromatic N) is 2. The predicted molar refractivity (Wildman–Crippen MR) is 111 cm³/mol. The van der Waals surface area contributed by atoms with Crippen LogP contribution in [0, 0.1) is 24.7 Å². The van der Waals surface area contributed by atoms with Crippen LogP contribution in [0.25, 0.3) is 0 Å². The van der Waals surface area contributed by atoms with Gasteiger partial charge in [0.15, 0.2) is 5.78 Å². The second-order valence-corrected chi connectivity index (χ2v) is 10.4. The number of nitrogens with one attached hydrogen (secondary N) is 1. The van der Waals surface area contributed by atoms with Crippen LogP contribution in [0.4, 0.5) is 0 Å². The fraction of sp³-hybridized carbons (Fsp3) is 0.750. The summed E-state index contributed by atoms with van der Waals surface area (Å²) < 4.78 is 0. The monoisotopic (exact) mass is 395 g/mol. The highest BCUT2D eigenvalue weighted by Gasteiger charge is 2.48. The van der Waals surface area contributed by atoms with E-state index in [1.807, 2.05) is 6.92 Å². The summed E-state index contributed by atoms with van der Waals surface area (Å²) in [6.07, 6.45) is 10.6. The molecule has 3 saturated heterocycles. The van der Waals surface area contributed by atoms with Crippen LogP contribution in [-0.4, -0.2) is 58.2 Å². The second-order valence-electron chi connectivity index (χ2n) is 10.4. The third-order valence-corrected chi connectivity index (χ3v) is 8.54. The molecule has 1 aromatic heterocycles. The summed E-state index contributed by atoms with van der Waals surface area (Å²) in [7, 11) is 0. The number of likely N-dealkylation sites (tertiary alicyclic amines) is 1. The van der Waals surface area contributed by atoms with E-state index in [1.165, 1.54) is 45.1 Å². The van der Waals surface area contributed by atoms with Crippen LogP contribution in [-0.2, 0) is 6.42 Å². The Kier molecular flexibility index (Phi) is 4.20. The first-order chi connectivity index (χ1) is 14.1. The zero-order valence-electron chi connectivity index (χ0n) is 17.6. The highest BCUT2D eigenvalue weighted by molar-refractivity contribution is 6.04. The van der Waals surface area contributed by atoms with E-state index in [4.69, 9.17) is 0 Å². The number of ketones is 1. The molecule has 1 amide bonds. The summed E-state index contributed by atoms with van der Waals surface area (Å²) in [5.74, 6) is 2.53. The van der Waals surface area contributed by atoms with Gasteiger partial charge in [0.1, 0.15) is 5.69 Å². The molecule has 6 rings (SSSR count). The number of fused-ring (bicyclic) bond motifs is 5. The largest absolute Gasteiger partial charge is 0.354 e. The van der Waals surface area contributed by atoms with Gasteiger partial charge in [0.05, 0.1) is 0 Å². The Morgan fingerprint density at radius 1 is 0.966 bits per heavy atom. The molecule has 0 unspecified atom stereocenters. The van der Waals surface area contributed by atoms with Crippen LogP contribution in [0.1, 0.15) is 83.5 Å². The van der Waals surface area contributed by atoms with Crippen molar-refractivity contribution in [2.45, 2.75) is 76.8 Å². The maximum atomic E-state index is 13.5. The number of amides is 1. The number of H-pyrrole nitrogens is 1. The summed E-state index contributed by atoms with van der Waals surface area (Å²) in [5.41, 5.74) is 3.37. The lowest BCUT2D eigenvalue weighted by Gasteiger charge is -2.55. The van der Waals surface area contributed by atoms with Crippen LogP contribution in [0.5, 0.6) is 0 Å². The van der Waals surface area contributed by atoms with E-state index in [0.29, 0.717) is 30.0 Å². The number of Topliss-reactive ketones (excluding diaryl/α,β-unsaturated/α-hetero) is 1. The number of hydrogen-bond donors (Lipinski definition) is 1. The molecule has 1 N–H and O–H groups in total. The third-order valence-electron chi connectivity index (χ3n) is 8.54. The molecule has 4 atom stereocenters. The minimum Gasteiger partial charge on any atom is -0.354 e. The highest BCUT2D eigenvalue weighted by Crippen LogP contribution is 2.46. The summed E-state index contributed by atoms with van der Waals surface area (Å²) in [5, 5.41) is 0. The third kappa shape index (κ3) is 2.91. The Morgan fingerprint density at radius 2 is 1.76 bits per heavy atom. The van der Waals surface area contributed by atoms with Crippen LogP contribution in [0.3, 0.4) is 0 Å². The van der Waals surface area contributed by atoms with E-state index in [-0.39, 0.29) is 11.7 Å². The van der Waals surface area contributed by atoms with Gasteiger partial charge in [-0.3, -0.25) is 14.5 Å². The molecular formula is C24H33N3O2. The normalized spacial score (nSPS) is 34.7. The van der Waals surface area contributed by atoms with E-state index < -0.39 is 0 Å². The van der Waals surface area contributed by atoms with Gasteiger partial charge in [-0.2, -0.15) is 0 Å². The van der Waals surface area contributed by atoms with Crippen molar-refractivity contribution >= 4 is 11.7 Å². The molecule has 29 heavy (non-hydrogen) atoms. The summed E-state index contributed by atoms with van der Waals surface area (Å²) in [4.78, 5) is 34.2. The van der Waals surface area contributed by atoms with Crippen LogP contribution in [0.15, 0.2) is 0 Å². The molecular weight excluding hydrogens is 362 g/mol. The van der Waals surface area contributed by atoms with Crippen LogP contribution in [0.2, 0.25) is 0 Å². The predicted octanol–water partition coefficient (Wildman–Crippen LogP) is 3.57. The van der Waals surface area contributed by atoms with Gasteiger partial charge in [-0.25, -0.2) is 0 Å². The van der Waals surface area contributed by atoms with Gasteiger partial charge in [0.25, 0.3) is 5.91 Å². The molecule has 2 bridgehead atoms. The highest BCUT2D eigenvalue weighted by atomic mass is 16.2. The number of piperidine rings is 3. The van der Waals surface area contributed by atoms with E-state index in [9.17, 15) is 9.59 Å². The first-order valence-corrected chi connectivity index (χ1v) is 11.9. The second kappa shape index (κ2) is 6.69. The molecule has 3 aliphatic heterocycles. The number of carbonyl (C=O) groups is 2. The first kappa shape index (κ1) is 18.2. The van der Waals surface area contributed by atoms with Gasteiger partial charge in [-0.1, -0.05) is 6.42 Å². The van der Waals surface area contributed by atoms with Crippen molar-refractivity contribution in [2.75, 3.05) is 19.6 Å². The van der Waals surface area contributed by atoms with Gasteiger partial charge >= 0.3 is 0 Å². The van der Waals surface area contributed by atoms with Crippen LogP contribution < -0.4 is 0 Å². The number of aryl methyl sites for hydroxylation is 1. The zero-order chi connectivity index (χ0) is 19.7. The van der Waals surface area contributed by atoms with Crippen molar-refractivity contribution in [1.82, 2.24) is 14.8 Å². The quantitative estimate of drug-likeness (QED) is 0.833. The topological polar surface area (TPSA) is 56.4 Å². The van der Waals surface area contributed by atoms with Crippen molar-refractivity contribution in [3.05, 3.63) is 22.5 Å². The van der Waals surface area contributed by atoms with Gasteiger partial charge < -0.3 is 9.88 Å². The SMILES string of the molecule is Cc1c(C(=O)N2C[C@@H]3C[C@H](C2)[C@@H]2CCC[C@H](C4CC4)N2C3)[nH]c2c1C(=O)CCC2. The maximum absolute atomic E-state index is 13.5. The van der Waals surface area contributed by atoms with Crippen molar-refractivity contribution in [3.8, 4) is 0 Å². The van der Waals surface area contributed by atoms with E-state index in [0.717, 1.165) is 54.7 Å². The van der Waals surface area contributed by atoms with Crippen molar-refractivity contribution in [3.63, 3.8) is 0 Å².